The number of H-pyrrole nitrogens is 1. The molecule has 1 saturated heterocycles. The summed E-state index contributed by atoms with van der Waals surface area (Å²) in [6.07, 6.45) is -4.81. The Kier molecular flexibility index (Phi) is 7.99. The van der Waals surface area contributed by atoms with E-state index in [2.05, 4.69) is 10.3 Å². The highest BCUT2D eigenvalue weighted by molar-refractivity contribution is 8.00. The van der Waals surface area contributed by atoms with Crippen LogP contribution < -0.4 is 19.8 Å². The molecule has 3 atom stereocenters. The Bertz CT molecular complexity index is 1880. The zero-order valence-corrected chi connectivity index (χ0v) is 25.1. The first-order valence-electron chi connectivity index (χ1n) is 12.8. The molecule has 15 heteroatoms. The summed E-state index contributed by atoms with van der Waals surface area (Å²) < 4.78 is 47.3. The number of alkyl halides is 3. The highest BCUT2D eigenvalue weighted by Crippen LogP contribution is 2.54. The quantitative estimate of drug-likeness (QED) is 0.223. The molecule has 3 heterocycles. The Morgan fingerprint density at radius 2 is 1.75 bits per heavy atom. The number of aromatic nitrogens is 1. The number of para-hydroxylation sites is 1. The maximum absolute atomic E-state index is 13.9. The van der Waals surface area contributed by atoms with Crippen molar-refractivity contribution in [2.45, 2.75) is 22.4 Å². The van der Waals surface area contributed by atoms with E-state index in [1.807, 2.05) is 0 Å². The number of ether oxygens (including phenoxy) is 1. The van der Waals surface area contributed by atoms with Crippen LogP contribution in [0.3, 0.4) is 0 Å². The average Bonchev–Trinajstić information content (AvgIpc) is 3.47. The van der Waals surface area contributed by atoms with Gasteiger partial charge < -0.3 is 15.0 Å². The molecule has 226 valence electrons. The molecule has 6 rings (SSSR count). The van der Waals surface area contributed by atoms with E-state index in [-0.39, 0.29) is 10.8 Å². The predicted octanol–water partition coefficient (Wildman–Crippen LogP) is 6.58. The maximum Gasteiger partial charge on any atom is 0.418 e. The van der Waals surface area contributed by atoms with Crippen LogP contribution in [0.5, 0.6) is 5.75 Å². The summed E-state index contributed by atoms with van der Waals surface area (Å²) >= 11 is 13.7. The zero-order chi connectivity index (χ0) is 31.3. The molecule has 0 bridgehead atoms. The van der Waals surface area contributed by atoms with Gasteiger partial charge in [0.25, 0.3) is 5.91 Å². The molecule has 1 fully saturated rings. The molecule has 0 radical (unpaired) electrons. The van der Waals surface area contributed by atoms with E-state index >= 15 is 0 Å². The second-order valence-corrected chi connectivity index (χ2v) is 12.8. The van der Waals surface area contributed by atoms with Crippen molar-refractivity contribution in [3.8, 4) is 5.75 Å². The molecule has 8 nitrogen and oxygen atoms in total. The lowest BCUT2D eigenvalue weighted by molar-refractivity contribution is -0.137. The first-order chi connectivity index (χ1) is 20.9. The molecule has 4 aromatic rings. The summed E-state index contributed by atoms with van der Waals surface area (Å²) in [5, 5.41) is 2.50. The SMILES string of the molecule is O=C(COc1cccc([C@@H]2c3sc(=O)[nH]c3S[C@H]3C(=O)N(c4ccccc4C(F)(F)F)C(=O)[C@@H]23)c1)Nc1ccc(Cl)c(Cl)c1. The third-order valence-corrected chi connectivity index (χ3v) is 10.2. The highest BCUT2D eigenvalue weighted by Gasteiger charge is 2.57. The van der Waals surface area contributed by atoms with Gasteiger partial charge in [0.15, 0.2) is 6.61 Å². The van der Waals surface area contributed by atoms with Crippen molar-refractivity contribution in [1.82, 2.24) is 4.98 Å². The van der Waals surface area contributed by atoms with Crippen molar-refractivity contribution in [3.05, 3.63) is 102 Å². The minimum atomic E-state index is -4.81. The monoisotopic (exact) mass is 679 g/mol. The summed E-state index contributed by atoms with van der Waals surface area (Å²) in [5.41, 5.74) is -0.778. The predicted molar refractivity (Wildman–Crippen MR) is 161 cm³/mol. The van der Waals surface area contributed by atoms with Crippen LogP contribution in [0.1, 0.15) is 21.9 Å². The fraction of sp³-hybridized carbons (Fsp3) is 0.172. The third-order valence-electron chi connectivity index (χ3n) is 7.06. The summed E-state index contributed by atoms with van der Waals surface area (Å²) in [7, 11) is 0. The molecule has 2 N–H and O–H groups in total. The molecule has 2 aliphatic heterocycles. The summed E-state index contributed by atoms with van der Waals surface area (Å²) in [5.74, 6) is -3.83. The van der Waals surface area contributed by atoms with Gasteiger partial charge >= 0.3 is 11.0 Å². The summed E-state index contributed by atoms with van der Waals surface area (Å²) in [6.45, 7) is -0.390. The number of nitrogens with one attached hydrogen (secondary N) is 2. The third kappa shape index (κ3) is 5.60. The van der Waals surface area contributed by atoms with E-state index in [0.29, 0.717) is 31.1 Å². The summed E-state index contributed by atoms with van der Waals surface area (Å²) in [4.78, 5) is 55.7. The van der Waals surface area contributed by atoms with Crippen LogP contribution in [-0.4, -0.2) is 34.6 Å². The van der Waals surface area contributed by atoms with Gasteiger partial charge in [-0.25, -0.2) is 4.90 Å². The molecular weight excluding hydrogens is 662 g/mol. The van der Waals surface area contributed by atoms with Crippen molar-refractivity contribution in [2.75, 3.05) is 16.8 Å². The van der Waals surface area contributed by atoms with Crippen molar-refractivity contribution < 1.29 is 32.3 Å². The topological polar surface area (TPSA) is 109 Å². The second-order valence-electron chi connectivity index (χ2n) is 9.81. The minimum absolute atomic E-state index is 0.252. The van der Waals surface area contributed by atoms with E-state index in [1.54, 1.807) is 30.3 Å². The molecule has 0 saturated carbocycles. The number of hydrogen-bond donors (Lipinski definition) is 2. The zero-order valence-electron chi connectivity index (χ0n) is 22.0. The Hall–Kier alpha value is -3.78. The van der Waals surface area contributed by atoms with Crippen LogP contribution in [-0.2, 0) is 20.6 Å². The van der Waals surface area contributed by atoms with Crippen molar-refractivity contribution >= 4 is 75.4 Å². The number of aromatic amines is 1. The molecule has 3 aromatic carbocycles. The standard InChI is InChI=1S/C29H18Cl2F3N3O5S2/c30-17-9-8-14(11-18(17)31)35-20(38)12-42-15-5-3-4-13(10-15)21-22-24(43-25-23(21)44-28(41)36-25)27(40)37(26(22)39)19-7-2-1-6-16(19)29(32,33)34/h1-11,21-22,24H,12H2,(H,35,38)(H,36,41)/t21-,22-,24+/m0/s1. The fourth-order valence-corrected chi connectivity index (χ4v) is 8.05. The van der Waals surface area contributed by atoms with Crippen LogP contribution in [0.4, 0.5) is 24.5 Å². The number of hydrogen-bond acceptors (Lipinski definition) is 7. The van der Waals surface area contributed by atoms with Crippen LogP contribution >= 0.6 is 46.3 Å². The number of rotatable bonds is 6. The second kappa shape index (κ2) is 11.6. The van der Waals surface area contributed by atoms with Gasteiger partial charge in [-0.3, -0.25) is 19.2 Å². The fourth-order valence-electron chi connectivity index (χ4n) is 5.24. The van der Waals surface area contributed by atoms with E-state index in [0.717, 1.165) is 35.2 Å². The van der Waals surface area contributed by atoms with Gasteiger partial charge in [-0.15, -0.1) is 0 Å². The Morgan fingerprint density at radius 3 is 2.50 bits per heavy atom. The van der Waals surface area contributed by atoms with Gasteiger partial charge in [-0.05, 0) is 48.0 Å². The smallest absolute Gasteiger partial charge is 0.418 e. The lowest BCUT2D eigenvalue weighted by Gasteiger charge is -2.30. The van der Waals surface area contributed by atoms with Crippen LogP contribution in [0.2, 0.25) is 10.0 Å². The van der Waals surface area contributed by atoms with Crippen molar-refractivity contribution in [3.63, 3.8) is 0 Å². The number of amides is 3. The Morgan fingerprint density at radius 1 is 0.977 bits per heavy atom. The molecular formula is C29H18Cl2F3N3O5S2. The number of halogens is 5. The van der Waals surface area contributed by atoms with E-state index in [1.165, 1.54) is 24.3 Å². The van der Waals surface area contributed by atoms with Crippen LogP contribution in [0.15, 0.2) is 76.6 Å². The van der Waals surface area contributed by atoms with E-state index in [9.17, 15) is 32.3 Å². The average molecular weight is 681 g/mol. The molecule has 2 aliphatic rings. The number of thioether (sulfide) groups is 1. The number of carbonyl (C=O) groups excluding carboxylic acids is 3. The van der Waals surface area contributed by atoms with Crippen LogP contribution in [0.25, 0.3) is 0 Å². The number of thiazole rings is 1. The van der Waals surface area contributed by atoms with Crippen molar-refractivity contribution in [2.24, 2.45) is 5.92 Å². The van der Waals surface area contributed by atoms with Gasteiger partial charge in [0.2, 0.25) is 11.8 Å². The largest absolute Gasteiger partial charge is 0.484 e. The van der Waals surface area contributed by atoms with Gasteiger partial charge in [0, 0.05) is 16.5 Å². The summed E-state index contributed by atoms with van der Waals surface area (Å²) in [6, 6.07) is 15.4. The Labute approximate surface area is 265 Å². The molecule has 1 aromatic heterocycles. The lowest BCUT2D eigenvalue weighted by atomic mass is 9.83. The van der Waals surface area contributed by atoms with Gasteiger partial charge in [-0.2, -0.15) is 13.2 Å². The molecule has 0 spiro atoms. The number of benzene rings is 3. The molecule has 3 amide bonds. The van der Waals surface area contributed by atoms with E-state index < -0.39 is 63.7 Å². The first kappa shape index (κ1) is 30.3. The molecule has 0 unspecified atom stereocenters. The van der Waals surface area contributed by atoms with Gasteiger partial charge in [0.1, 0.15) is 11.0 Å². The van der Waals surface area contributed by atoms with Gasteiger partial charge in [0.05, 0.1) is 32.2 Å². The van der Waals surface area contributed by atoms with Crippen LogP contribution in [0, 0.1) is 5.92 Å². The number of nitrogens with zero attached hydrogens (tertiary/aromatic N) is 1. The first-order valence-corrected chi connectivity index (χ1v) is 15.3. The van der Waals surface area contributed by atoms with E-state index in [4.69, 9.17) is 27.9 Å². The molecule has 0 aliphatic carbocycles. The minimum Gasteiger partial charge on any atom is -0.484 e. The molecule has 44 heavy (non-hydrogen) atoms. The van der Waals surface area contributed by atoms with Gasteiger partial charge in [-0.1, -0.05) is 70.6 Å². The number of carbonyl (C=O) groups is 3. The lowest BCUT2D eigenvalue weighted by Crippen LogP contribution is -2.33. The van der Waals surface area contributed by atoms with Crippen molar-refractivity contribution in [1.29, 1.82) is 0 Å². The highest BCUT2D eigenvalue weighted by atomic mass is 35.5. The maximum atomic E-state index is 13.9. The number of imide groups is 1. The normalized spacial score (nSPS) is 19.5. The Balaban J connectivity index is 1.30. The number of fused-ring (bicyclic) bond motifs is 2. The number of anilines is 2.